The summed E-state index contributed by atoms with van der Waals surface area (Å²) in [6, 6.07) is 8.78. The molecular weight excluding hydrogens is 263 g/mol. The van der Waals surface area contributed by atoms with Crippen molar-refractivity contribution in [2.24, 2.45) is 0 Å². The molecule has 0 saturated carbocycles. The zero-order valence-corrected chi connectivity index (χ0v) is 12.1. The molecule has 0 spiro atoms. The molecule has 0 heterocycles. The van der Waals surface area contributed by atoms with Gasteiger partial charge in [0.05, 0.1) is 0 Å². The molecule has 0 saturated heterocycles. The van der Waals surface area contributed by atoms with Crippen molar-refractivity contribution in [2.45, 2.75) is 6.61 Å². The van der Waals surface area contributed by atoms with E-state index in [1.807, 2.05) is 0 Å². The number of benzene rings is 1. The van der Waals surface area contributed by atoms with Crippen molar-refractivity contribution < 1.29 is 52.1 Å². The van der Waals surface area contributed by atoms with E-state index in [1.165, 1.54) is 0 Å². The van der Waals surface area contributed by atoms with Crippen molar-refractivity contribution in [3.8, 4) is 0 Å². The van der Waals surface area contributed by atoms with Gasteiger partial charge in [-0.25, -0.2) is 4.79 Å². The Kier molecular flexibility index (Phi) is 7.29. The minimum atomic E-state index is -4.39. The third-order valence-corrected chi connectivity index (χ3v) is 2.88. The molecule has 0 aliphatic heterocycles. The van der Waals surface area contributed by atoms with Gasteiger partial charge in [0.15, 0.2) is 0 Å². The van der Waals surface area contributed by atoms with Crippen molar-refractivity contribution >= 4 is 25.2 Å². The summed E-state index contributed by atoms with van der Waals surface area (Å²) in [6.07, 6.45) is 0. The van der Waals surface area contributed by atoms with Crippen LogP contribution in [0.3, 0.4) is 0 Å². The van der Waals surface area contributed by atoms with Gasteiger partial charge in [0.25, 0.3) is 0 Å². The SMILES string of the molecule is O=C(OCc1ccccc1)SS(=O)(=O)O.[Na+]. The summed E-state index contributed by atoms with van der Waals surface area (Å²) in [4.78, 5) is 10.8. The Balaban J connectivity index is 0.00000225. The minimum absolute atomic E-state index is 0. The average Bonchev–Trinajstić information content (AvgIpc) is 2.14. The fourth-order valence-corrected chi connectivity index (χ4v) is 1.77. The molecule has 0 fully saturated rings. The van der Waals surface area contributed by atoms with Gasteiger partial charge in [0.2, 0.25) is 0 Å². The largest absolute Gasteiger partial charge is 1.00 e. The molecule has 0 aliphatic carbocycles. The first-order valence-corrected chi connectivity index (χ1v) is 6.62. The summed E-state index contributed by atoms with van der Waals surface area (Å²) < 4.78 is 33.4. The number of carbonyl (C=O) groups excluding carboxylic acids is 1. The van der Waals surface area contributed by atoms with Crippen LogP contribution in [0.15, 0.2) is 30.3 Å². The van der Waals surface area contributed by atoms with Gasteiger partial charge in [-0.2, -0.15) is 8.42 Å². The van der Waals surface area contributed by atoms with Crippen LogP contribution in [0.5, 0.6) is 0 Å². The summed E-state index contributed by atoms with van der Waals surface area (Å²) in [6.45, 7) is -0.0256. The Morgan fingerprint density at radius 2 is 1.88 bits per heavy atom. The van der Waals surface area contributed by atoms with Gasteiger partial charge in [-0.05, 0) is 5.56 Å². The summed E-state index contributed by atoms with van der Waals surface area (Å²) in [7, 11) is -4.64. The second-order valence-electron chi connectivity index (χ2n) is 2.54. The number of rotatable bonds is 3. The van der Waals surface area contributed by atoms with Gasteiger partial charge in [-0.1, -0.05) is 30.3 Å². The van der Waals surface area contributed by atoms with Crippen LogP contribution in [0.2, 0.25) is 0 Å². The van der Waals surface area contributed by atoms with E-state index in [2.05, 4.69) is 4.74 Å². The number of carbonyl (C=O) groups is 1. The molecule has 1 aromatic carbocycles. The molecule has 0 amide bonds. The van der Waals surface area contributed by atoms with Crippen molar-refractivity contribution in [2.75, 3.05) is 0 Å². The van der Waals surface area contributed by atoms with E-state index in [0.717, 1.165) is 5.56 Å². The van der Waals surface area contributed by atoms with Gasteiger partial charge in [-0.15, -0.1) is 0 Å². The van der Waals surface area contributed by atoms with Gasteiger partial charge < -0.3 is 4.74 Å². The fraction of sp³-hybridized carbons (Fsp3) is 0.125. The standard InChI is InChI=1S/C8H8O5S2.Na/c9-8(14-15(10,11)12)13-6-7-4-2-1-3-5-7;/h1-5H,6H2,(H,10,11,12);/q;+1. The Hall–Kier alpha value is -0.0500. The van der Waals surface area contributed by atoms with Crippen LogP contribution in [-0.2, 0) is 20.5 Å². The van der Waals surface area contributed by atoms with Gasteiger partial charge >= 0.3 is 44.0 Å². The molecule has 1 N–H and O–H groups in total. The van der Waals surface area contributed by atoms with Crippen LogP contribution in [0, 0.1) is 0 Å². The number of hydrogen-bond donors (Lipinski definition) is 1. The van der Waals surface area contributed by atoms with E-state index in [-0.39, 0.29) is 47.0 Å². The van der Waals surface area contributed by atoms with Gasteiger partial charge in [-0.3, -0.25) is 4.55 Å². The molecule has 8 heteroatoms. The Morgan fingerprint density at radius 1 is 1.31 bits per heavy atom. The first-order chi connectivity index (χ1) is 6.97. The zero-order chi connectivity index (χ0) is 11.3. The van der Waals surface area contributed by atoms with Gasteiger partial charge in [0, 0.05) is 0 Å². The van der Waals surface area contributed by atoms with E-state index < -0.39 is 14.5 Å². The average molecular weight is 271 g/mol. The number of hydrogen-bond acceptors (Lipinski definition) is 5. The monoisotopic (exact) mass is 271 g/mol. The summed E-state index contributed by atoms with van der Waals surface area (Å²) >= 11 is 0. The van der Waals surface area contributed by atoms with E-state index in [1.54, 1.807) is 30.3 Å². The van der Waals surface area contributed by atoms with Crippen molar-refractivity contribution in [3.05, 3.63) is 35.9 Å². The molecule has 0 aliphatic rings. The Labute approximate surface area is 119 Å². The molecule has 1 aromatic rings. The zero-order valence-electron chi connectivity index (χ0n) is 8.49. The third kappa shape index (κ3) is 7.26. The topological polar surface area (TPSA) is 80.7 Å². The molecule has 0 aromatic heterocycles. The van der Waals surface area contributed by atoms with Crippen molar-refractivity contribution in [1.82, 2.24) is 0 Å². The molecule has 0 bridgehead atoms. The Bertz CT molecular complexity index is 431. The van der Waals surface area contributed by atoms with Crippen LogP contribution >= 0.6 is 10.8 Å². The first kappa shape index (κ1) is 16.0. The molecule has 1 rings (SSSR count). The van der Waals surface area contributed by atoms with E-state index in [4.69, 9.17) is 4.55 Å². The maximum absolute atomic E-state index is 10.8. The summed E-state index contributed by atoms with van der Waals surface area (Å²) in [5.74, 6) is 0. The summed E-state index contributed by atoms with van der Waals surface area (Å²) in [5, 5.41) is -1.05. The molecule has 16 heavy (non-hydrogen) atoms. The maximum atomic E-state index is 10.8. The third-order valence-electron chi connectivity index (χ3n) is 1.37. The van der Waals surface area contributed by atoms with Crippen LogP contribution in [0.25, 0.3) is 0 Å². The molecule has 5 nitrogen and oxygen atoms in total. The van der Waals surface area contributed by atoms with Crippen molar-refractivity contribution in [1.29, 1.82) is 0 Å². The second kappa shape index (κ2) is 7.31. The van der Waals surface area contributed by atoms with Crippen LogP contribution in [0.4, 0.5) is 4.79 Å². The van der Waals surface area contributed by atoms with E-state index >= 15 is 0 Å². The quantitative estimate of drug-likeness (QED) is 0.324. The fourth-order valence-electron chi connectivity index (χ4n) is 0.827. The molecule has 0 atom stereocenters. The maximum Gasteiger partial charge on any atom is 1.00 e. The van der Waals surface area contributed by atoms with E-state index in [9.17, 15) is 13.2 Å². The Morgan fingerprint density at radius 3 is 2.38 bits per heavy atom. The number of ether oxygens (including phenoxy) is 1. The van der Waals surface area contributed by atoms with Crippen molar-refractivity contribution in [3.63, 3.8) is 0 Å². The molecule has 0 unspecified atom stereocenters. The smallest absolute Gasteiger partial charge is 0.452 e. The normalized spacial score (nSPS) is 10.3. The molecular formula is C8H8NaO5S2+. The van der Waals surface area contributed by atoms with Crippen LogP contribution in [-0.4, -0.2) is 18.3 Å². The van der Waals surface area contributed by atoms with Crippen LogP contribution < -0.4 is 29.6 Å². The minimum Gasteiger partial charge on any atom is -0.452 e. The summed E-state index contributed by atoms with van der Waals surface area (Å²) in [5.41, 5.74) is 0.738. The van der Waals surface area contributed by atoms with Crippen LogP contribution in [0.1, 0.15) is 5.56 Å². The molecule has 82 valence electrons. The molecule has 0 radical (unpaired) electrons. The second-order valence-corrected chi connectivity index (χ2v) is 5.65. The van der Waals surface area contributed by atoms with Gasteiger partial charge in [0.1, 0.15) is 17.4 Å². The predicted molar refractivity (Wildman–Crippen MR) is 55.8 cm³/mol. The van der Waals surface area contributed by atoms with E-state index in [0.29, 0.717) is 0 Å². The predicted octanol–water partition coefficient (Wildman–Crippen LogP) is -1.14. The first-order valence-electron chi connectivity index (χ1n) is 3.85.